The number of carbonyl (C=O) groups is 1. The highest BCUT2D eigenvalue weighted by Gasteiger charge is 2.24. The van der Waals surface area contributed by atoms with Gasteiger partial charge in [-0.3, -0.25) is 4.79 Å². The minimum Gasteiger partial charge on any atom is -0.334 e. The summed E-state index contributed by atoms with van der Waals surface area (Å²) in [6.45, 7) is 0. The van der Waals surface area contributed by atoms with Crippen molar-refractivity contribution in [3.8, 4) is 21.7 Å². The maximum absolute atomic E-state index is 14.0. The summed E-state index contributed by atoms with van der Waals surface area (Å²) in [5.41, 5.74) is 5.00. The summed E-state index contributed by atoms with van der Waals surface area (Å²) in [5.74, 6) is -1.79. The maximum atomic E-state index is 14.0. The van der Waals surface area contributed by atoms with Crippen molar-refractivity contribution >= 4 is 29.5 Å². The molecule has 8 heteroatoms. The first-order valence-electron chi connectivity index (χ1n) is 10.1. The third-order valence-corrected chi connectivity index (χ3v) is 6.83. The molecule has 1 aliphatic carbocycles. The summed E-state index contributed by atoms with van der Waals surface area (Å²) in [6.07, 6.45) is 5.88. The fraction of sp³-hybridized carbons (Fsp3) is 0.208. The quantitative estimate of drug-likeness (QED) is 0.352. The third kappa shape index (κ3) is 3.98. The first kappa shape index (κ1) is 22.3. The Morgan fingerprint density at radius 1 is 1.16 bits per heavy atom. The summed E-state index contributed by atoms with van der Waals surface area (Å²) in [6, 6.07) is 9.97. The molecule has 0 unspecified atom stereocenters. The van der Waals surface area contributed by atoms with Gasteiger partial charge >= 0.3 is 0 Å². The molecule has 2 aromatic carbocycles. The summed E-state index contributed by atoms with van der Waals surface area (Å²) < 4.78 is 30.0. The van der Waals surface area contributed by atoms with Crippen LogP contribution >= 0.6 is 23.7 Å². The van der Waals surface area contributed by atoms with E-state index in [4.69, 9.17) is 0 Å². The van der Waals surface area contributed by atoms with Crippen LogP contribution in [0.1, 0.15) is 33.0 Å². The fourth-order valence-electron chi connectivity index (χ4n) is 4.04. The molecule has 0 atom stereocenters. The Morgan fingerprint density at radius 3 is 2.66 bits per heavy atom. The van der Waals surface area contributed by atoms with Crippen molar-refractivity contribution in [2.75, 3.05) is 0 Å². The van der Waals surface area contributed by atoms with Gasteiger partial charge in [0, 0.05) is 24.6 Å². The molecule has 0 fully saturated rings. The van der Waals surface area contributed by atoms with E-state index in [-0.39, 0.29) is 30.2 Å². The largest absolute Gasteiger partial charge is 0.334 e. The van der Waals surface area contributed by atoms with Gasteiger partial charge in [-0.15, -0.1) is 23.7 Å². The number of hydrogen-bond donors (Lipinski definition) is 0. The van der Waals surface area contributed by atoms with Crippen molar-refractivity contribution in [3.63, 3.8) is 0 Å². The van der Waals surface area contributed by atoms with E-state index in [1.165, 1.54) is 35.1 Å². The van der Waals surface area contributed by atoms with Gasteiger partial charge in [0.25, 0.3) is 0 Å². The zero-order valence-corrected chi connectivity index (χ0v) is 18.9. The van der Waals surface area contributed by atoms with Crippen molar-refractivity contribution in [2.45, 2.75) is 25.7 Å². The lowest BCUT2D eigenvalue weighted by molar-refractivity contribution is 0.0990. The molecule has 0 N–H and O–H groups in total. The lowest BCUT2D eigenvalue weighted by atomic mass is 10.00. The van der Waals surface area contributed by atoms with Gasteiger partial charge in [-0.2, -0.15) is 0 Å². The Balaban J connectivity index is 0.00000245. The molecule has 0 saturated carbocycles. The van der Waals surface area contributed by atoms with Crippen molar-refractivity contribution in [1.82, 2.24) is 14.5 Å². The number of carbonyl (C=O) groups excluding carboxylic acids is 1. The number of fused-ring (bicyclic) bond motifs is 3. The van der Waals surface area contributed by atoms with Gasteiger partial charge in [0.15, 0.2) is 10.8 Å². The van der Waals surface area contributed by atoms with E-state index in [1.54, 1.807) is 6.33 Å². The van der Waals surface area contributed by atoms with Crippen LogP contribution in [0, 0.1) is 11.6 Å². The molecule has 0 bridgehead atoms. The molecule has 4 aromatic rings. The molecule has 0 radical (unpaired) electrons. The van der Waals surface area contributed by atoms with Crippen LogP contribution in [0.3, 0.4) is 0 Å². The van der Waals surface area contributed by atoms with Gasteiger partial charge in [-0.05, 0) is 48.6 Å². The van der Waals surface area contributed by atoms with Gasteiger partial charge in [-0.1, -0.05) is 18.2 Å². The number of imidazole rings is 1. The number of thiazole rings is 1. The molecule has 0 spiro atoms. The van der Waals surface area contributed by atoms with Gasteiger partial charge in [-0.25, -0.2) is 18.7 Å². The Hall–Kier alpha value is -2.90. The van der Waals surface area contributed by atoms with Crippen molar-refractivity contribution < 1.29 is 13.6 Å². The first-order valence-corrected chi connectivity index (χ1v) is 10.9. The van der Waals surface area contributed by atoms with Crippen molar-refractivity contribution in [2.24, 2.45) is 7.05 Å². The van der Waals surface area contributed by atoms with Crippen LogP contribution in [-0.4, -0.2) is 20.3 Å². The lowest BCUT2D eigenvalue weighted by Gasteiger charge is -2.09. The van der Waals surface area contributed by atoms with Crippen LogP contribution in [0.15, 0.2) is 48.9 Å². The highest BCUT2D eigenvalue weighted by molar-refractivity contribution is 7.17. The number of benzene rings is 2. The van der Waals surface area contributed by atoms with E-state index in [9.17, 15) is 13.6 Å². The third-order valence-electron chi connectivity index (χ3n) is 5.66. The van der Waals surface area contributed by atoms with E-state index in [2.05, 4.69) is 28.2 Å². The number of hydrogen-bond acceptors (Lipinski definition) is 4. The van der Waals surface area contributed by atoms with E-state index < -0.39 is 11.6 Å². The number of halogens is 3. The molecule has 4 nitrogen and oxygen atoms in total. The number of aromatic nitrogens is 3. The highest BCUT2D eigenvalue weighted by atomic mass is 35.5. The smallest absolute Gasteiger partial charge is 0.195 e. The summed E-state index contributed by atoms with van der Waals surface area (Å²) >= 11 is 1.31. The Morgan fingerprint density at radius 2 is 1.94 bits per heavy atom. The van der Waals surface area contributed by atoms with Crippen LogP contribution in [0.4, 0.5) is 8.78 Å². The molecule has 2 heterocycles. The van der Waals surface area contributed by atoms with Crippen LogP contribution < -0.4 is 0 Å². The van der Waals surface area contributed by atoms with E-state index >= 15 is 0 Å². The number of nitrogens with zero attached hydrogens (tertiary/aromatic N) is 3. The van der Waals surface area contributed by atoms with Gasteiger partial charge in [0.1, 0.15) is 11.6 Å². The molecule has 0 amide bonds. The minimum absolute atomic E-state index is 0. The average Bonchev–Trinajstić information content (AvgIpc) is 3.34. The number of Topliss-reactive ketones (excluding diaryl/α,β-unsaturated/α-hetero) is 1. The Kier molecular flexibility index (Phi) is 6.22. The molecule has 32 heavy (non-hydrogen) atoms. The van der Waals surface area contributed by atoms with Crippen LogP contribution in [0.2, 0.25) is 0 Å². The first-order chi connectivity index (χ1) is 15.0. The van der Waals surface area contributed by atoms with Crippen molar-refractivity contribution in [1.29, 1.82) is 0 Å². The van der Waals surface area contributed by atoms with E-state index in [1.807, 2.05) is 17.8 Å². The van der Waals surface area contributed by atoms with Crippen molar-refractivity contribution in [3.05, 3.63) is 82.4 Å². The molecule has 1 aliphatic rings. The van der Waals surface area contributed by atoms with Gasteiger partial charge < -0.3 is 4.57 Å². The molecule has 0 aliphatic heterocycles. The van der Waals surface area contributed by atoms with E-state index in [0.717, 1.165) is 46.7 Å². The van der Waals surface area contributed by atoms with Gasteiger partial charge in [0.2, 0.25) is 0 Å². The predicted molar refractivity (Wildman–Crippen MR) is 123 cm³/mol. The topological polar surface area (TPSA) is 47.8 Å². The zero-order chi connectivity index (χ0) is 21.5. The monoisotopic (exact) mass is 471 g/mol. The second kappa shape index (κ2) is 8.92. The number of rotatable bonds is 4. The SMILES string of the molecule is Cl.Cn1cncc1-c1ccc2c(c1)-c1sc(C(=O)Cc3c(F)cccc3F)nc1CCC2. The second-order valence-corrected chi connectivity index (χ2v) is 8.71. The van der Waals surface area contributed by atoms with Crippen LogP contribution in [0.5, 0.6) is 0 Å². The standard InChI is InChI=1S/C24H19F2N3OS.ClH/c1-29-13-27-12-21(29)15-9-8-14-4-2-7-20-23(16(14)10-15)31-24(28-20)22(30)11-17-18(25)5-3-6-19(17)26;/h3,5-6,8-10,12-13H,2,4,7,11H2,1H3;1H. The fourth-order valence-corrected chi connectivity index (χ4v) is 5.14. The molecular weight excluding hydrogens is 452 g/mol. The van der Waals surface area contributed by atoms with Crippen LogP contribution in [0.25, 0.3) is 21.7 Å². The minimum atomic E-state index is -0.711. The summed E-state index contributed by atoms with van der Waals surface area (Å²) in [7, 11) is 1.95. The molecule has 5 rings (SSSR count). The second-order valence-electron chi connectivity index (χ2n) is 7.71. The Labute approximate surface area is 194 Å². The number of ketones is 1. The maximum Gasteiger partial charge on any atom is 0.195 e. The Bertz CT molecular complexity index is 1290. The normalized spacial score (nSPS) is 12.5. The highest BCUT2D eigenvalue weighted by Crippen LogP contribution is 2.39. The van der Waals surface area contributed by atoms with E-state index in [0.29, 0.717) is 5.01 Å². The zero-order valence-electron chi connectivity index (χ0n) is 17.3. The van der Waals surface area contributed by atoms with Gasteiger partial charge in [0.05, 0.1) is 28.8 Å². The molecular formula is C24H20ClF2N3OS. The predicted octanol–water partition coefficient (Wildman–Crippen LogP) is 5.82. The molecule has 2 aromatic heterocycles. The average molecular weight is 472 g/mol. The lowest BCUT2D eigenvalue weighted by Crippen LogP contribution is -2.07. The van der Waals surface area contributed by atoms with Crippen LogP contribution in [-0.2, 0) is 26.3 Å². The summed E-state index contributed by atoms with van der Waals surface area (Å²) in [4.78, 5) is 22.6. The molecule has 0 saturated heterocycles. The number of aryl methyl sites for hydroxylation is 3. The molecule has 164 valence electrons. The summed E-state index contributed by atoms with van der Waals surface area (Å²) in [5, 5.41) is 0.298.